The third-order valence-corrected chi connectivity index (χ3v) is 4.78. The van der Waals surface area contributed by atoms with Gasteiger partial charge in [0.1, 0.15) is 0 Å². The quantitative estimate of drug-likeness (QED) is 0.881. The Morgan fingerprint density at radius 1 is 1.35 bits per heavy atom. The molecule has 112 valence electrons. The first-order valence-electron chi connectivity index (χ1n) is 8.10. The van der Waals surface area contributed by atoms with E-state index in [9.17, 15) is 0 Å². The number of hydrogen-bond donors (Lipinski definition) is 1. The number of likely N-dealkylation sites (tertiary alicyclic amines) is 1. The maximum Gasteiger partial charge on any atom is 0.0449 e. The van der Waals surface area contributed by atoms with Crippen molar-refractivity contribution in [1.82, 2.24) is 10.2 Å². The van der Waals surface area contributed by atoms with Gasteiger partial charge in [-0.25, -0.2) is 0 Å². The smallest absolute Gasteiger partial charge is 0.0449 e. The highest BCUT2D eigenvalue weighted by molar-refractivity contribution is 5.33. The molecular formula is C18H30N2. The Morgan fingerprint density at radius 3 is 2.85 bits per heavy atom. The zero-order chi connectivity index (χ0) is 14.5. The molecule has 20 heavy (non-hydrogen) atoms. The van der Waals surface area contributed by atoms with Gasteiger partial charge in [0, 0.05) is 19.1 Å². The second-order valence-electron chi connectivity index (χ2n) is 6.38. The molecule has 0 amide bonds. The molecule has 0 bridgehead atoms. The second-order valence-corrected chi connectivity index (χ2v) is 6.38. The van der Waals surface area contributed by atoms with Gasteiger partial charge in [-0.1, -0.05) is 37.1 Å². The average molecular weight is 274 g/mol. The zero-order valence-electron chi connectivity index (χ0n) is 13.6. The summed E-state index contributed by atoms with van der Waals surface area (Å²) in [6.07, 6.45) is 4.10. The normalized spacial score (nSPS) is 21.9. The summed E-state index contributed by atoms with van der Waals surface area (Å²) in [6, 6.07) is 7.25. The van der Waals surface area contributed by atoms with Crippen molar-refractivity contribution < 1.29 is 0 Å². The molecule has 1 fully saturated rings. The van der Waals surface area contributed by atoms with Crippen LogP contribution in [0.3, 0.4) is 0 Å². The Morgan fingerprint density at radius 2 is 2.15 bits per heavy atom. The van der Waals surface area contributed by atoms with Gasteiger partial charge in [0.2, 0.25) is 0 Å². The van der Waals surface area contributed by atoms with E-state index in [-0.39, 0.29) is 0 Å². The molecule has 0 aromatic heterocycles. The van der Waals surface area contributed by atoms with Crippen molar-refractivity contribution in [2.45, 2.75) is 46.1 Å². The summed E-state index contributed by atoms with van der Waals surface area (Å²) in [5, 5.41) is 3.52. The van der Waals surface area contributed by atoms with Crippen molar-refractivity contribution in [2.24, 2.45) is 5.92 Å². The number of nitrogens with zero attached hydrogens (tertiary/aromatic N) is 1. The third-order valence-electron chi connectivity index (χ3n) is 4.78. The van der Waals surface area contributed by atoms with E-state index in [1.54, 1.807) is 0 Å². The van der Waals surface area contributed by atoms with Crippen LogP contribution in [0, 0.1) is 19.8 Å². The highest BCUT2D eigenvalue weighted by Crippen LogP contribution is 2.24. The topological polar surface area (TPSA) is 15.3 Å². The van der Waals surface area contributed by atoms with E-state index in [0.717, 1.165) is 12.5 Å². The Hall–Kier alpha value is -0.860. The van der Waals surface area contributed by atoms with E-state index >= 15 is 0 Å². The lowest BCUT2D eigenvalue weighted by Gasteiger charge is -2.35. The maximum atomic E-state index is 3.52. The minimum Gasteiger partial charge on any atom is -0.312 e. The molecule has 2 nitrogen and oxygen atoms in total. The van der Waals surface area contributed by atoms with Crippen molar-refractivity contribution in [3.05, 3.63) is 34.9 Å². The van der Waals surface area contributed by atoms with Crippen molar-refractivity contribution in [1.29, 1.82) is 0 Å². The third kappa shape index (κ3) is 3.83. The van der Waals surface area contributed by atoms with Gasteiger partial charge in [-0.3, -0.25) is 0 Å². The molecule has 2 rings (SSSR count). The number of aryl methyl sites for hydroxylation is 2. The van der Waals surface area contributed by atoms with Gasteiger partial charge in [0.05, 0.1) is 0 Å². The molecule has 1 aromatic rings. The predicted octanol–water partition coefficient (Wildman–Crippen LogP) is 3.69. The molecule has 0 spiro atoms. The summed E-state index contributed by atoms with van der Waals surface area (Å²) in [6.45, 7) is 10.4. The van der Waals surface area contributed by atoms with Gasteiger partial charge >= 0.3 is 0 Å². The van der Waals surface area contributed by atoms with Crippen molar-refractivity contribution in [2.75, 3.05) is 26.7 Å². The van der Waals surface area contributed by atoms with Gasteiger partial charge in [-0.15, -0.1) is 0 Å². The van der Waals surface area contributed by atoms with Gasteiger partial charge in [-0.05, 0) is 57.3 Å². The maximum absolute atomic E-state index is 3.52. The van der Waals surface area contributed by atoms with Gasteiger partial charge in [0.25, 0.3) is 0 Å². The monoisotopic (exact) mass is 274 g/mol. The van der Waals surface area contributed by atoms with Crippen LogP contribution in [0.2, 0.25) is 0 Å². The van der Waals surface area contributed by atoms with Crippen LogP contribution in [0.15, 0.2) is 18.2 Å². The largest absolute Gasteiger partial charge is 0.312 e. The van der Waals surface area contributed by atoms with Crippen LogP contribution in [-0.4, -0.2) is 31.6 Å². The van der Waals surface area contributed by atoms with E-state index in [4.69, 9.17) is 0 Å². The molecule has 2 heteroatoms. The summed E-state index contributed by atoms with van der Waals surface area (Å²) in [5.41, 5.74) is 4.22. The molecule has 1 N–H and O–H groups in total. The lowest BCUT2D eigenvalue weighted by Crippen LogP contribution is -2.40. The molecule has 0 saturated carbocycles. The van der Waals surface area contributed by atoms with Crippen LogP contribution < -0.4 is 5.32 Å². The predicted molar refractivity (Wildman–Crippen MR) is 87.2 cm³/mol. The second kappa shape index (κ2) is 7.24. The molecule has 2 atom stereocenters. The fourth-order valence-electron chi connectivity index (χ4n) is 3.39. The Balaban J connectivity index is 2.06. The minimum absolute atomic E-state index is 0.450. The van der Waals surface area contributed by atoms with E-state index < -0.39 is 0 Å². The van der Waals surface area contributed by atoms with Crippen LogP contribution in [-0.2, 0) is 0 Å². The standard InChI is InChI=1S/C18H30N2/c1-5-16-7-6-10-20(12-16)13-18(19-4)17-11-14(2)8-9-15(17)3/h8-9,11,16,18-19H,5-7,10,12-13H2,1-4H3. The molecule has 0 aliphatic carbocycles. The van der Waals surface area contributed by atoms with Crippen LogP contribution in [0.25, 0.3) is 0 Å². The molecular weight excluding hydrogens is 244 g/mol. The fourth-order valence-corrected chi connectivity index (χ4v) is 3.39. The fraction of sp³-hybridized carbons (Fsp3) is 0.667. The highest BCUT2D eigenvalue weighted by Gasteiger charge is 2.22. The summed E-state index contributed by atoms with van der Waals surface area (Å²) >= 11 is 0. The first-order chi connectivity index (χ1) is 9.63. The minimum atomic E-state index is 0.450. The lowest BCUT2D eigenvalue weighted by molar-refractivity contribution is 0.158. The summed E-state index contributed by atoms with van der Waals surface area (Å²) < 4.78 is 0. The average Bonchev–Trinajstić information content (AvgIpc) is 2.47. The summed E-state index contributed by atoms with van der Waals surface area (Å²) in [5.74, 6) is 0.903. The van der Waals surface area contributed by atoms with E-state index in [0.29, 0.717) is 6.04 Å². The molecule has 1 aromatic carbocycles. The molecule has 1 aliphatic heterocycles. The first-order valence-corrected chi connectivity index (χ1v) is 8.10. The molecule has 1 heterocycles. The van der Waals surface area contributed by atoms with Crippen LogP contribution in [0.5, 0.6) is 0 Å². The number of rotatable bonds is 5. The molecule has 0 radical (unpaired) electrons. The Bertz CT molecular complexity index is 427. The molecule has 1 saturated heterocycles. The molecule has 2 unspecified atom stereocenters. The SMILES string of the molecule is CCC1CCCN(CC(NC)c2cc(C)ccc2C)C1. The van der Waals surface area contributed by atoms with Gasteiger partial charge in [-0.2, -0.15) is 0 Å². The van der Waals surface area contributed by atoms with Crippen LogP contribution in [0.4, 0.5) is 0 Å². The summed E-state index contributed by atoms with van der Waals surface area (Å²) in [4.78, 5) is 2.65. The van der Waals surface area contributed by atoms with Crippen molar-refractivity contribution >= 4 is 0 Å². The highest BCUT2D eigenvalue weighted by atomic mass is 15.2. The number of hydrogen-bond acceptors (Lipinski definition) is 2. The van der Waals surface area contributed by atoms with Crippen LogP contribution >= 0.6 is 0 Å². The number of benzene rings is 1. The zero-order valence-corrected chi connectivity index (χ0v) is 13.6. The lowest BCUT2D eigenvalue weighted by atomic mass is 9.94. The summed E-state index contributed by atoms with van der Waals surface area (Å²) in [7, 11) is 2.09. The van der Waals surface area contributed by atoms with Crippen molar-refractivity contribution in [3.63, 3.8) is 0 Å². The van der Waals surface area contributed by atoms with Crippen molar-refractivity contribution in [3.8, 4) is 0 Å². The number of piperidine rings is 1. The number of nitrogens with one attached hydrogen (secondary N) is 1. The van der Waals surface area contributed by atoms with Gasteiger partial charge in [0.15, 0.2) is 0 Å². The number of likely N-dealkylation sites (N-methyl/N-ethyl adjacent to an activating group) is 1. The van der Waals surface area contributed by atoms with Gasteiger partial charge < -0.3 is 10.2 Å². The molecule has 1 aliphatic rings. The van der Waals surface area contributed by atoms with E-state index in [1.165, 1.54) is 49.0 Å². The van der Waals surface area contributed by atoms with Crippen LogP contribution in [0.1, 0.15) is 48.9 Å². The van der Waals surface area contributed by atoms with E-state index in [2.05, 4.69) is 56.2 Å². The van der Waals surface area contributed by atoms with E-state index in [1.807, 2.05) is 0 Å². The Labute approximate surface area is 124 Å². The first kappa shape index (κ1) is 15.5. The Kier molecular flexibility index (Phi) is 5.62.